The fourth-order valence-electron chi connectivity index (χ4n) is 0.672. The molecule has 1 rings (SSSR count). The second-order valence-electron chi connectivity index (χ2n) is 1.87. The molecule has 0 aliphatic carbocycles. The molecule has 0 spiro atoms. The topological polar surface area (TPSA) is 45.8 Å². The van der Waals surface area contributed by atoms with Crippen molar-refractivity contribution in [1.29, 1.82) is 0 Å². The maximum atomic E-state index is 10.6. The molecule has 4 heteroatoms. The van der Waals surface area contributed by atoms with Crippen molar-refractivity contribution in [2.45, 2.75) is 13.3 Å². The Morgan fingerprint density at radius 1 is 1.80 bits per heavy atom. The van der Waals surface area contributed by atoms with Gasteiger partial charge in [0, 0.05) is 11.9 Å². The molecule has 10 heavy (non-hydrogen) atoms. The monoisotopic (exact) mass is 202 g/mol. The standard InChI is InChI=1S/C6H7BrN2O/c1-2-5-4(7)3-8-6(10)9-5/h3H,2H2,1H3,(H,8,9,10). The molecule has 0 saturated heterocycles. The van der Waals surface area contributed by atoms with Crippen LogP contribution in [-0.4, -0.2) is 9.97 Å². The van der Waals surface area contributed by atoms with Gasteiger partial charge < -0.3 is 4.98 Å². The number of H-pyrrole nitrogens is 1. The van der Waals surface area contributed by atoms with Gasteiger partial charge in [-0.15, -0.1) is 0 Å². The van der Waals surface area contributed by atoms with E-state index in [0.29, 0.717) is 0 Å². The van der Waals surface area contributed by atoms with Crippen LogP contribution in [0.2, 0.25) is 0 Å². The summed E-state index contributed by atoms with van der Waals surface area (Å²) in [7, 11) is 0. The highest BCUT2D eigenvalue weighted by Gasteiger charge is 1.96. The molecular weight excluding hydrogens is 196 g/mol. The van der Waals surface area contributed by atoms with Crippen molar-refractivity contribution in [1.82, 2.24) is 9.97 Å². The normalized spacial score (nSPS) is 9.80. The van der Waals surface area contributed by atoms with E-state index in [0.717, 1.165) is 16.6 Å². The lowest BCUT2D eigenvalue weighted by Gasteiger charge is -1.96. The first-order chi connectivity index (χ1) is 4.74. The zero-order valence-corrected chi connectivity index (χ0v) is 7.10. The molecule has 0 aliphatic heterocycles. The van der Waals surface area contributed by atoms with Crippen LogP contribution in [0.5, 0.6) is 0 Å². The quantitative estimate of drug-likeness (QED) is 0.742. The Labute approximate surface area is 66.6 Å². The molecule has 1 heterocycles. The SMILES string of the molecule is CCc1[nH]c(=O)ncc1Br. The molecule has 0 atom stereocenters. The summed E-state index contributed by atoms with van der Waals surface area (Å²) in [5.41, 5.74) is 0.597. The number of aromatic nitrogens is 2. The second-order valence-corrected chi connectivity index (χ2v) is 2.72. The van der Waals surface area contributed by atoms with Gasteiger partial charge in [-0.05, 0) is 22.4 Å². The Kier molecular flexibility index (Phi) is 2.21. The maximum absolute atomic E-state index is 10.6. The van der Waals surface area contributed by atoms with Crippen LogP contribution in [0.15, 0.2) is 15.5 Å². The van der Waals surface area contributed by atoms with Gasteiger partial charge in [0.1, 0.15) is 0 Å². The third-order valence-corrected chi connectivity index (χ3v) is 1.88. The van der Waals surface area contributed by atoms with E-state index in [-0.39, 0.29) is 5.69 Å². The van der Waals surface area contributed by atoms with E-state index in [1.807, 2.05) is 6.92 Å². The highest BCUT2D eigenvalue weighted by molar-refractivity contribution is 9.10. The first kappa shape index (κ1) is 7.47. The summed E-state index contributed by atoms with van der Waals surface area (Å²) in [6.07, 6.45) is 2.32. The molecule has 1 aromatic heterocycles. The minimum Gasteiger partial charge on any atom is -0.309 e. The molecule has 1 aromatic rings. The first-order valence-electron chi connectivity index (χ1n) is 2.97. The van der Waals surface area contributed by atoms with Gasteiger partial charge in [0.05, 0.1) is 4.47 Å². The minimum atomic E-state index is -0.292. The van der Waals surface area contributed by atoms with Crippen molar-refractivity contribution in [3.05, 3.63) is 26.8 Å². The van der Waals surface area contributed by atoms with E-state index in [1.165, 1.54) is 6.20 Å². The lowest BCUT2D eigenvalue weighted by Crippen LogP contribution is -2.11. The molecule has 0 unspecified atom stereocenters. The smallest absolute Gasteiger partial charge is 0.309 e. The summed E-state index contributed by atoms with van der Waals surface area (Å²) in [5.74, 6) is 0. The van der Waals surface area contributed by atoms with Crippen molar-refractivity contribution in [3.63, 3.8) is 0 Å². The summed E-state index contributed by atoms with van der Waals surface area (Å²) in [6.45, 7) is 1.97. The number of nitrogens with one attached hydrogen (secondary N) is 1. The molecule has 0 bridgehead atoms. The summed E-state index contributed by atoms with van der Waals surface area (Å²) in [5, 5.41) is 0. The van der Waals surface area contributed by atoms with E-state index in [4.69, 9.17) is 0 Å². The number of rotatable bonds is 1. The Hall–Kier alpha value is -0.640. The van der Waals surface area contributed by atoms with Crippen LogP contribution in [0, 0.1) is 0 Å². The van der Waals surface area contributed by atoms with Crippen molar-refractivity contribution in [2.24, 2.45) is 0 Å². The van der Waals surface area contributed by atoms with Gasteiger partial charge in [0.25, 0.3) is 0 Å². The van der Waals surface area contributed by atoms with Crippen molar-refractivity contribution >= 4 is 15.9 Å². The van der Waals surface area contributed by atoms with Gasteiger partial charge in [-0.3, -0.25) is 0 Å². The zero-order valence-electron chi connectivity index (χ0n) is 5.52. The highest BCUT2D eigenvalue weighted by atomic mass is 79.9. The van der Waals surface area contributed by atoms with Crippen LogP contribution in [0.25, 0.3) is 0 Å². The van der Waals surface area contributed by atoms with Crippen LogP contribution < -0.4 is 5.69 Å². The lowest BCUT2D eigenvalue weighted by atomic mass is 10.3. The number of aryl methyl sites for hydroxylation is 1. The molecule has 0 radical (unpaired) electrons. The largest absolute Gasteiger partial charge is 0.345 e. The number of aromatic amines is 1. The van der Waals surface area contributed by atoms with Gasteiger partial charge in [-0.1, -0.05) is 6.92 Å². The van der Waals surface area contributed by atoms with E-state index >= 15 is 0 Å². The molecule has 54 valence electrons. The van der Waals surface area contributed by atoms with E-state index in [1.54, 1.807) is 0 Å². The van der Waals surface area contributed by atoms with Gasteiger partial charge in [0.15, 0.2) is 0 Å². The molecule has 0 saturated carbocycles. The summed E-state index contributed by atoms with van der Waals surface area (Å²) < 4.78 is 0.856. The van der Waals surface area contributed by atoms with Gasteiger partial charge in [-0.2, -0.15) is 0 Å². The molecule has 0 fully saturated rings. The maximum Gasteiger partial charge on any atom is 0.345 e. The average molecular weight is 203 g/mol. The lowest BCUT2D eigenvalue weighted by molar-refractivity contribution is 0.943. The number of hydrogen-bond donors (Lipinski definition) is 1. The van der Waals surface area contributed by atoms with Gasteiger partial charge in [-0.25, -0.2) is 9.78 Å². The zero-order chi connectivity index (χ0) is 7.56. The molecule has 1 N–H and O–H groups in total. The Bertz CT molecular complexity index is 281. The summed E-state index contributed by atoms with van der Waals surface area (Å²) in [6, 6.07) is 0. The number of hydrogen-bond acceptors (Lipinski definition) is 2. The Morgan fingerprint density at radius 3 is 3.00 bits per heavy atom. The van der Waals surface area contributed by atoms with Crippen molar-refractivity contribution < 1.29 is 0 Å². The van der Waals surface area contributed by atoms with Crippen LogP contribution in [0.1, 0.15) is 12.6 Å². The Morgan fingerprint density at radius 2 is 2.50 bits per heavy atom. The predicted molar refractivity (Wildman–Crippen MR) is 41.9 cm³/mol. The van der Waals surface area contributed by atoms with Crippen LogP contribution in [-0.2, 0) is 6.42 Å². The van der Waals surface area contributed by atoms with Crippen LogP contribution in [0.4, 0.5) is 0 Å². The molecule has 0 aromatic carbocycles. The van der Waals surface area contributed by atoms with E-state index in [9.17, 15) is 4.79 Å². The second kappa shape index (κ2) is 2.96. The van der Waals surface area contributed by atoms with E-state index in [2.05, 4.69) is 25.9 Å². The van der Waals surface area contributed by atoms with Gasteiger partial charge in [0.2, 0.25) is 0 Å². The Balaban J connectivity index is 3.22. The third-order valence-electron chi connectivity index (χ3n) is 1.19. The number of nitrogens with zero attached hydrogens (tertiary/aromatic N) is 1. The highest BCUT2D eigenvalue weighted by Crippen LogP contribution is 2.09. The molecule has 0 aliphatic rings. The molecule has 0 amide bonds. The first-order valence-corrected chi connectivity index (χ1v) is 3.77. The van der Waals surface area contributed by atoms with Crippen LogP contribution >= 0.6 is 15.9 Å². The van der Waals surface area contributed by atoms with Crippen LogP contribution in [0.3, 0.4) is 0 Å². The average Bonchev–Trinajstić information content (AvgIpc) is 1.94. The molecular formula is C6H7BrN2O. The molecule has 3 nitrogen and oxygen atoms in total. The summed E-state index contributed by atoms with van der Waals surface area (Å²) >= 11 is 3.26. The fraction of sp³-hybridized carbons (Fsp3) is 0.333. The van der Waals surface area contributed by atoms with Crippen molar-refractivity contribution in [2.75, 3.05) is 0 Å². The summed E-state index contributed by atoms with van der Waals surface area (Å²) in [4.78, 5) is 16.8. The third kappa shape index (κ3) is 1.44. The predicted octanol–water partition coefficient (Wildman–Crippen LogP) is 1.09. The van der Waals surface area contributed by atoms with Crippen molar-refractivity contribution in [3.8, 4) is 0 Å². The number of halogens is 1. The van der Waals surface area contributed by atoms with Gasteiger partial charge >= 0.3 is 5.69 Å². The van der Waals surface area contributed by atoms with E-state index < -0.39 is 0 Å². The minimum absolute atomic E-state index is 0.292. The fourth-order valence-corrected chi connectivity index (χ4v) is 1.15.